The van der Waals surface area contributed by atoms with Gasteiger partial charge in [0.05, 0.1) is 22.4 Å². The van der Waals surface area contributed by atoms with E-state index in [-0.39, 0.29) is 0 Å². The zero-order valence-electron chi connectivity index (χ0n) is 26.1. The highest BCUT2D eigenvalue weighted by Crippen LogP contribution is 2.55. The van der Waals surface area contributed by atoms with Gasteiger partial charge in [-0.3, -0.25) is 5.01 Å². The van der Waals surface area contributed by atoms with Gasteiger partial charge in [0, 0.05) is 28.2 Å². The second-order valence-corrected chi connectivity index (χ2v) is 13.0. The second-order valence-electron chi connectivity index (χ2n) is 13.0. The van der Waals surface area contributed by atoms with Crippen LogP contribution in [0, 0.1) is 0 Å². The van der Waals surface area contributed by atoms with E-state index in [1.165, 1.54) is 60.9 Å². The lowest BCUT2D eigenvalue weighted by Gasteiger charge is -2.28. The molecule has 1 N–H and O–H groups in total. The number of anilines is 2. The Labute approximate surface area is 274 Å². The summed E-state index contributed by atoms with van der Waals surface area (Å²) in [5.41, 5.74) is 23.1. The van der Waals surface area contributed by atoms with Gasteiger partial charge in [0.2, 0.25) is 0 Å². The van der Waals surface area contributed by atoms with Crippen LogP contribution >= 0.6 is 0 Å². The second kappa shape index (κ2) is 10.1. The first-order chi connectivity index (χ1) is 23.2. The van der Waals surface area contributed by atoms with Crippen LogP contribution in [0.5, 0.6) is 0 Å². The van der Waals surface area contributed by atoms with Gasteiger partial charge in [-0.25, -0.2) is 0 Å². The lowest BCUT2D eigenvalue weighted by atomic mass is 9.81. The third-order valence-electron chi connectivity index (χ3n) is 10.5. The topological polar surface area (TPSA) is 20.2 Å². The molecule has 224 valence electrons. The molecule has 0 unspecified atom stereocenters. The molecule has 1 aromatic heterocycles. The Balaban J connectivity index is 1.13. The number of para-hydroxylation sites is 2. The largest absolute Gasteiger partial charge is 0.313 e. The number of benzene rings is 5. The van der Waals surface area contributed by atoms with Gasteiger partial charge in [-0.05, 0) is 124 Å². The van der Waals surface area contributed by atoms with Crippen molar-refractivity contribution in [2.45, 2.75) is 25.7 Å². The smallest absolute Gasteiger partial charge is 0.0708 e. The standard InChI is InChI=1S/C44H33N3/c1-28-24-25-45-47(31-10-3-2-4-11-31)43-22-19-29(26-38(28)43)30-18-21-42-39(27-30)34-14-7-8-17-40(34)46(42)41-23-20-36-33-13-6-5-12-32(33)35-15-9-16-37(41)44(35)36/h2-8,10-15,17-19,21-22,24-27,45H,1,9,16,20,23H2. The van der Waals surface area contributed by atoms with E-state index in [9.17, 15) is 0 Å². The molecule has 0 radical (unpaired) electrons. The Morgan fingerprint density at radius 1 is 0.617 bits per heavy atom. The molecular formula is C44H33N3. The van der Waals surface area contributed by atoms with E-state index in [4.69, 9.17) is 0 Å². The Hall–Kier alpha value is -5.80. The molecule has 3 aliphatic carbocycles. The maximum Gasteiger partial charge on any atom is 0.0708 e. The van der Waals surface area contributed by atoms with Crippen molar-refractivity contribution in [1.29, 1.82) is 0 Å². The summed E-state index contributed by atoms with van der Waals surface area (Å²) in [6, 6.07) is 42.2. The molecule has 0 atom stereocenters. The molecule has 0 saturated carbocycles. The molecule has 47 heavy (non-hydrogen) atoms. The molecule has 0 spiro atoms. The number of hydrazine groups is 1. The molecule has 0 amide bonds. The number of nitrogens with zero attached hydrogens (tertiary/aromatic N) is 2. The van der Waals surface area contributed by atoms with Gasteiger partial charge >= 0.3 is 0 Å². The normalized spacial score (nSPS) is 16.6. The van der Waals surface area contributed by atoms with Crippen molar-refractivity contribution in [3.05, 3.63) is 168 Å². The van der Waals surface area contributed by atoms with Crippen LogP contribution in [-0.2, 0) is 0 Å². The quantitative estimate of drug-likeness (QED) is 0.217. The van der Waals surface area contributed by atoms with Crippen LogP contribution < -0.4 is 10.4 Å². The molecule has 1 aliphatic heterocycles. The molecule has 0 fully saturated rings. The highest BCUT2D eigenvalue weighted by atomic mass is 15.5. The van der Waals surface area contributed by atoms with Gasteiger partial charge in [0.15, 0.2) is 0 Å². The van der Waals surface area contributed by atoms with Crippen molar-refractivity contribution >= 4 is 55.6 Å². The highest BCUT2D eigenvalue weighted by molar-refractivity contribution is 6.13. The summed E-state index contributed by atoms with van der Waals surface area (Å²) < 4.78 is 2.59. The maximum atomic E-state index is 4.42. The monoisotopic (exact) mass is 603 g/mol. The van der Waals surface area contributed by atoms with Crippen molar-refractivity contribution in [2.24, 2.45) is 0 Å². The van der Waals surface area contributed by atoms with Crippen LogP contribution in [0.25, 0.3) is 55.3 Å². The molecule has 5 aromatic carbocycles. The van der Waals surface area contributed by atoms with Crippen molar-refractivity contribution in [2.75, 3.05) is 5.01 Å². The highest BCUT2D eigenvalue weighted by Gasteiger charge is 2.35. The minimum atomic E-state index is 0.986. The van der Waals surface area contributed by atoms with Gasteiger partial charge in [0.1, 0.15) is 0 Å². The van der Waals surface area contributed by atoms with Gasteiger partial charge in [-0.1, -0.05) is 85.5 Å². The fraction of sp³-hybridized carbons (Fsp3) is 0.0909. The van der Waals surface area contributed by atoms with Gasteiger partial charge < -0.3 is 9.99 Å². The number of allylic oxidation sites excluding steroid dienone is 8. The fourth-order valence-corrected chi connectivity index (χ4v) is 8.42. The summed E-state index contributed by atoms with van der Waals surface area (Å²) in [5.74, 6) is 0. The predicted molar refractivity (Wildman–Crippen MR) is 198 cm³/mol. The van der Waals surface area contributed by atoms with Crippen molar-refractivity contribution < 1.29 is 0 Å². The zero-order chi connectivity index (χ0) is 31.1. The first-order valence-corrected chi connectivity index (χ1v) is 16.7. The SMILES string of the molecule is C=C1C=CNN(c2ccccc2)c2ccc(-c3ccc4c(c3)c3ccccc3n4C3=C4CCC=C5C4=C(CC3)c3ccccc35)cc21. The summed E-state index contributed by atoms with van der Waals surface area (Å²) in [4.78, 5) is 0. The molecule has 4 aliphatic rings. The Kier molecular flexibility index (Phi) is 5.68. The van der Waals surface area contributed by atoms with E-state index >= 15 is 0 Å². The predicted octanol–water partition coefficient (Wildman–Crippen LogP) is 11.3. The van der Waals surface area contributed by atoms with E-state index < -0.39 is 0 Å². The molecule has 3 nitrogen and oxygen atoms in total. The van der Waals surface area contributed by atoms with Crippen molar-refractivity contribution in [3.8, 4) is 11.1 Å². The Bertz CT molecular complexity index is 2450. The first kappa shape index (κ1) is 26.4. The molecular weight excluding hydrogens is 571 g/mol. The maximum absolute atomic E-state index is 4.42. The molecule has 3 heteroatoms. The van der Waals surface area contributed by atoms with Gasteiger partial charge in [0.25, 0.3) is 0 Å². The van der Waals surface area contributed by atoms with Crippen LogP contribution in [-0.4, -0.2) is 4.57 Å². The third kappa shape index (κ3) is 3.86. The molecule has 0 saturated heterocycles. The number of rotatable bonds is 3. The van der Waals surface area contributed by atoms with E-state index in [1.807, 2.05) is 12.3 Å². The van der Waals surface area contributed by atoms with Crippen LogP contribution in [0.2, 0.25) is 0 Å². The van der Waals surface area contributed by atoms with E-state index in [0.29, 0.717) is 0 Å². The minimum absolute atomic E-state index is 0.986. The van der Waals surface area contributed by atoms with Crippen LogP contribution in [0.3, 0.4) is 0 Å². The van der Waals surface area contributed by atoms with Crippen molar-refractivity contribution in [3.63, 3.8) is 0 Å². The van der Waals surface area contributed by atoms with E-state index in [2.05, 4.69) is 143 Å². The number of fused-ring (bicyclic) bond motifs is 7. The Morgan fingerprint density at radius 3 is 2.30 bits per heavy atom. The molecule has 10 rings (SSSR count). The lowest BCUT2D eigenvalue weighted by Crippen LogP contribution is -2.28. The summed E-state index contributed by atoms with van der Waals surface area (Å²) >= 11 is 0. The third-order valence-corrected chi connectivity index (χ3v) is 10.5. The van der Waals surface area contributed by atoms with Gasteiger partial charge in [-0.15, -0.1) is 0 Å². The van der Waals surface area contributed by atoms with Crippen LogP contribution in [0.15, 0.2) is 151 Å². The van der Waals surface area contributed by atoms with E-state index in [0.717, 1.165) is 48.2 Å². The summed E-state index contributed by atoms with van der Waals surface area (Å²) in [6.45, 7) is 4.42. The number of hydrogen-bond acceptors (Lipinski definition) is 2. The first-order valence-electron chi connectivity index (χ1n) is 16.7. The molecule has 2 heterocycles. The van der Waals surface area contributed by atoms with E-state index in [1.54, 1.807) is 11.1 Å². The van der Waals surface area contributed by atoms with Gasteiger partial charge in [-0.2, -0.15) is 0 Å². The lowest BCUT2D eigenvalue weighted by molar-refractivity contribution is 0.891. The minimum Gasteiger partial charge on any atom is -0.313 e. The number of aromatic nitrogens is 1. The number of nitrogens with one attached hydrogen (secondary N) is 1. The summed E-state index contributed by atoms with van der Waals surface area (Å²) in [6.07, 6.45) is 10.8. The van der Waals surface area contributed by atoms with Crippen molar-refractivity contribution in [1.82, 2.24) is 9.99 Å². The molecule has 0 bridgehead atoms. The number of hydrogen-bond donors (Lipinski definition) is 1. The average molecular weight is 604 g/mol. The zero-order valence-corrected chi connectivity index (χ0v) is 26.1. The average Bonchev–Trinajstić information content (AvgIpc) is 3.57. The molecule has 6 aromatic rings. The summed E-state index contributed by atoms with van der Waals surface area (Å²) in [5, 5.41) is 4.73. The Morgan fingerprint density at radius 2 is 1.38 bits per heavy atom. The van der Waals surface area contributed by atoms with Crippen LogP contribution in [0.4, 0.5) is 11.4 Å². The summed E-state index contributed by atoms with van der Waals surface area (Å²) in [7, 11) is 0. The van der Waals surface area contributed by atoms with Crippen LogP contribution in [0.1, 0.15) is 42.4 Å². The fourth-order valence-electron chi connectivity index (χ4n) is 8.42.